The molecule has 1 aliphatic heterocycles. The number of aliphatic carboxylic acids is 1. The summed E-state index contributed by atoms with van der Waals surface area (Å²) in [6.07, 6.45) is 0. The standard InChI is InChI=1S/C14H20N5O8PS/c1-6-8(11(21)19(6)28(24,25)26-4)17-10(20)9(7-5-29-13(15)16-7)18-27-14(2,3)12(22)23/h5-6,8H,1-4H3,(H2,15,16)(H,17,20)(H,22,23)(H,24,25)/b18-9-/t6-,8-/m1/s1. The smallest absolute Gasteiger partial charge is 0.435 e. The van der Waals surface area contributed by atoms with Crippen LogP contribution < -0.4 is 11.1 Å². The molecule has 2 heterocycles. The second-order valence-electron chi connectivity index (χ2n) is 6.47. The number of oxime groups is 1. The molecule has 0 saturated carbocycles. The number of nitrogens with zero attached hydrogens (tertiary/aromatic N) is 3. The Bertz CT molecular complexity index is 916. The zero-order chi connectivity index (χ0) is 22.1. The van der Waals surface area contributed by atoms with Gasteiger partial charge in [-0.3, -0.25) is 14.1 Å². The highest BCUT2D eigenvalue weighted by molar-refractivity contribution is 7.51. The number of carbonyl (C=O) groups is 3. The van der Waals surface area contributed by atoms with Crippen molar-refractivity contribution in [2.75, 3.05) is 12.8 Å². The minimum absolute atomic E-state index is 0.00666. The van der Waals surface area contributed by atoms with Crippen LogP contribution in [0.3, 0.4) is 0 Å². The van der Waals surface area contributed by atoms with E-state index in [9.17, 15) is 23.8 Å². The van der Waals surface area contributed by atoms with E-state index >= 15 is 0 Å². The molecule has 13 nitrogen and oxygen atoms in total. The minimum atomic E-state index is -4.31. The number of aromatic nitrogens is 1. The predicted molar refractivity (Wildman–Crippen MR) is 101 cm³/mol. The molecule has 160 valence electrons. The maximum Gasteiger partial charge on any atom is 0.435 e. The first-order chi connectivity index (χ1) is 13.3. The molecule has 1 unspecified atom stereocenters. The molecular formula is C14H20N5O8PS. The highest BCUT2D eigenvalue weighted by atomic mass is 32.1. The molecule has 3 atom stereocenters. The average molecular weight is 449 g/mol. The Hall–Kier alpha value is -2.54. The van der Waals surface area contributed by atoms with Gasteiger partial charge in [-0.1, -0.05) is 5.16 Å². The predicted octanol–water partition coefficient (Wildman–Crippen LogP) is -0.228. The first-order valence-corrected chi connectivity index (χ1v) is 10.5. The van der Waals surface area contributed by atoms with E-state index in [2.05, 4.69) is 20.0 Å². The summed E-state index contributed by atoms with van der Waals surface area (Å²) in [6.45, 7) is 3.89. The first-order valence-electron chi connectivity index (χ1n) is 8.05. The Balaban J connectivity index is 2.24. The number of amides is 2. The summed E-state index contributed by atoms with van der Waals surface area (Å²) in [5.74, 6) is -3.07. The molecule has 1 saturated heterocycles. The molecule has 2 amide bonds. The molecule has 0 bridgehead atoms. The molecule has 0 aliphatic carbocycles. The van der Waals surface area contributed by atoms with E-state index in [1.54, 1.807) is 0 Å². The summed E-state index contributed by atoms with van der Waals surface area (Å²) in [5.41, 5.74) is 3.41. The van der Waals surface area contributed by atoms with Crippen LogP contribution in [0.1, 0.15) is 26.5 Å². The lowest BCUT2D eigenvalue weighted by atomic mass is 10.0. The van der Waals surface area contributed by atoms with Crippen molar-refractivity contribution in [2.24, 2.45) is 5.16 Å². The van der Waals surface area contributed by atoms with Crippen LogP contribution in [-0.2, 0) is 28.3 Å². The third-order valence-corrected chi connectivity index (χ3v) is 6.27. The molecule has 29 heavy (non-hydrogen) atoms. The van der Waals surface area contributed by atoms with Crippen LogP contribution in [0.15, 0.2) is 10.5 Å². The van der Waals surface area contributed by atoms with Gasteiger partial charge in [0.15, 0.2) is 10.8 Å². The number of hydrogen-bond acceptors (Lipinski definition) is 10. The monoisotopic (exact) mass is 449 g/mol. The lowest BCUT2D eigenvalue weighted by molar-refractivity contribution is -0.161. The summed E-state index contributed by atoms with van der Waals surface area (Å²) in [4.78, 5) is 54.6. The number of nitrogen functional groups attached to an aromatic ring is 1. The van der Waals surface area contributed by atoms with E-state index in [1.165, 1.54) is 26.2 Å². The number of nitrogens with two attached hydrogens (primary N) is 1. The average Bonchev–Trinajstić information content (AvgIpc) is 3.05. The number of carbonyl (C=O) groups excluding carboxylic acids is 2. The maximum absolute atomic E-state index is 12.7. The number of thiazole rings is 1. The van der Waals surface area contributed by atoms with E-state index in [1.807, 2.05) is 0 Å². The first kappa shape index (κ1) is 22.7. The zero-order valence-electron chi connectivity index (χ0n) is 15.9. The fourth-order valence-electron chi connectivity index (χ4n) is 2.24. The molecule has 0 spiro atoms. The summed E-state index contributed by atoms with van der Waals surface area (Å²) >= 11 is 1.01. The van der Waals surface area contributed by atoms with Crippen molar-refractivity contribution in [3.8, 4) is 0 Å². The number of hydrogen-bond donors (Lipinski definition) is 4. The van der Waals surface area contributed by atoms with Crippen molar-refractivity contribution in [3.05, 3.63) is 11.1 Å². The number of nitrogens with one attached hydrogen (secondary N) is 1. The summed E-state index contributed by atoms with van der Waals surface area (Å²) < 4.78 is 16.9. The van der Waals surface area contributed by atoms with Gasteiger partial charge in [-0.2, -0.15) is 0 Å². The topological polar surface area (TPSA) is 194 Å². The summed E-state index contributed by atoms with van der Waals surface area (Å²) in [5, 5.41) is 16.6. The van der Waals surface area contributed by atoms with Gasteiger partial charge in [0.05, 0.1) is 6.04 Å². The Kier molecular flexibility index (Phi) is 6.33. The van der Waals surface area contributed by atoms with Crippen molar-refractivity contribution in [3.63, 3.8) is 0 Å². The molecule has 1 aromatic rings. The number of carboxylic acid groups (broad SMARTS) is 1. The molecule has 0 radical (unpaired) electrons. The Morgan fingerprint density at radius 3 is 2.55 bits per heavy atom. The van der Waals surface area contributed by atoms with Crippen molar-refractivity contribution in [1.29, 1.82) is 0 Å². The van der Waals surface area contributed by atoms with Gasteiger partial charge in [-0.05, 0) is 20.8 Å². The third-order valence-electron chi connectivity index (χ3n) is 4.02. The highest BCUT2D eigenvalue weighted by Crippen LogP contribution is 2.51. The van der Waals surface area contributed by atoms with E-state index in [0.717, 1.165) is 18.4 Å². The van der Waals surface area contributed by atoms with Crippen LogP contribution in [0.25, 0.3) is 0 Å². The van der Waals surface area contributed by atoms with Crippen LogP contribution in [-0.4, -0.2) is 67.9 Å². The SMILES string of the molecule is COP(=O)(O)N1C(=O)[C@H](NC(=O)/C(=N\OC(C)(C)C(=O)O)c2csc(N)n2)[C@H]1C. The Labute approximate surface area is 169 Å². The minimum Gasteiger partial charge on any atom is -0.478 e. The van der Waals surface area contributed by atoms with Crippen molar-refractivity contribution >= 4 is 47.7 Å². The molecule has 5 N–H and O–H groups in total. The van der Waals surface area contributed by atoms with Crippen molar-refractivity contribution in [1.82, 2.24) is 15.0 Å². The van der Waals surface area contributed by atoms with Crippen LogP contribution in [0.2, 0.25) is 0 Å². The van der Waals surface area contributed by atoms with E-state index in [4.69, 9.17) is 15.7 Å². The Morgan fingerprint density at radius 2 is 2.10 bits per heavy atom. The molecule has 1 aliphatic rings. The van der Waals surface area contributed by atoms with Crippen LogP contribution >= 0.6 is 19.1 Å². The zero-order valence-corrected chi connectivity index (χ0v) is 17.6. The summed E-state index contributed by atoms with van der Waals surface area (Å²) in [6, 6.07) is -1.98. The summed E-state index contributed by atoms with van der Waals surface area (Å²) in [7, 11) is -3.33. The number of β-lactam (4-membered cyclic amide) rings is 1. The molecule has 2 rings (SSSR count). The third kappa shape index (κ3) is 4.56. The van der Waals surface area contributed by atoms with Gasteiger partial charge >= 0.3 is 13.7 Å². The quantitative estimate of drug-likeness (QED) is 0.178. The van der Waals surface area contributed by atoms with Gasteiger partial charge in [-0.25, -0.2) is 19.0 Å². The van der Waals surface area contributed by atoms with Gasteiger partial charge in [0.2, 0.25) is 5.60 Å². The van der Waals surface area contributed by atoms with Gasteiger partial charge in [0, 0.05) is 12.5 Å². The highest BCUT2D eigenvalue weighted by Gasteiger charge is 2.54. The maximum atomic E-state index is 12.7. The second kappa shape index (κ2) is 8.06. The van der Waals surface area contributed by atoms with E-state index < -0.39 is 48.9 Å². The van der Waals surface area contributed by atoms with E-state index in [0.29, 0.717) is 4.67 Å². The molecule has 1 fully saturated rings. The lowest BCUT2D eigenvalue weighted by Gasteiger charge is -2.45. The number of anilines is 1. The lowest BCUT2D eigenvalue weighted by Crippen LogP contribution is -2.68. The number of rotatable bonds is 8. The van der Waals surface area contributed by atoms with Crippen LogP contribution in [0.5, 0.6) is 0 Å². The van der Waals surface area contributed by atoms with Crippen molar-refractivity contribution in [2.45, 2.75) is 38.5 Å². The Morgan fingerprint density at radius 1 is 1.48 bits per heavy atom. The van der Waals surface area contributed by atoms with Gasteiger partial charge in [-0.15, -0.1) is 11.3 Å². The molecule has 15 heteroatoms. The molecule has 1 aromatic heterocycles. The van der Waals surface area contributed by atoms with Gasteiger partial charge < -0.3 is 25.9 Å². The van der Waals surface area contributed by atoms with Gasteiger partial charge in [0.25, 0.3) is 11.8 Å². The van der Waals surface area contributed by atoms with Crippen LogP contribution in [0, 0.1) is 0 Å². The normalized spacial score (nSPS) is 21.9. The molecular weight excluding hydrogens is 429 g/mol. The van der Waals surface area contributed by atoms with Crippen molar-refractivity contribution < 1.29 is 38.3 Å². The largest absolute Gasteiger partial charge is 0.478 e. The van der Waals surface area contributed by atoms with Gasteiger partial charge in [0.1, 0.15) is 11.7 Å². The fraction of sp³-hybridized carbons (Fsp3) is 0.500. The second-order valence-corrected chi connectivity index (χ2v) is 9.13. The van der Waals surface area contributed by atoms with Crippen LogP contribution in [0.4, 0.5) is 5.13 Å². The van der Waals surface area contributed by atoms with E-state index in [-0.39, 0.29) is 10.8 Å². The number of carboxylic acids is 1. The molecule has 0 aromatic carbocycles. The fourth-order valence-corrected chi connectivity index (χ4v) is 3.93.